The second-order valence-electron chi connectivity index (χ2n) is 5.07. The molecule has 7 heteroatoms. The van der Waals surface area contributed by atoms with Gasteiger partial charge in [-0.1, -0.05) is 12.1 Å². The van der Waals surface area contributed by atoms with Gasteiger partial charge < -0.3 is 10.4 Å². The number of carbonyl (C=O) groups excluding carboxylic acids is 2. The Morgan fingerprint density at radius 3 is 2.62 bits per heavy atom. The van der Waals surface area contributed by atoms with Crippen molar-refractivity contribution in [3.05, 3.63) is 57.7 Å². The van der Waals surface area contributed by atoms with E-state index in [0.29, 0.717) is 11.4 Å². The number of aromatic hydroxyl groups is 1. The van der Waals surface area contributed by atoms with Crippen molar-refractivity contribution in [2.24, 2.45) is 5.10 Å². The molecule has 0 radical (unpaired) electrons. The zero-order valence-corrected chi connectivity index (χ0v) is 15.1. The number of amides is 2. The quantitative estimate of drug-likeness (QED) is 0.382. The van der Waals surface area contributed by atoms with Gasteiger partial charge in [-0.15, -0.1) is 0 Å². The van der Waals surface area contributed by atoms with Crippen molar-refractivity contribution < 1.29 is 14.7 Å². The molecule has 0 aliphatic heterocycles. The Morgan fingerprint density at radius 1 is 1.17 bits per heavy atom. The molecule has 3 N–H and O–H groups in total. The maximum atomic E-state index is 12.0. The predicted molar refractivity (Wildman–Crippen MR) is 101 cm³/mol. The number of nitrogens with zero attached hydrogens (tertiary/aromatic N) is 1. The van der Waals surface area contributed by atoms with Crippen molar-refractivity contribution in [2.45, 2.75) is 13.3 Å². The lowest BCUT2D eigenvalue weighted by Gasteiger charge is -2.06. The molecule has 2 amide bonds. The number of carbonyl (C=O) groups is 2. The number of hydrogen-bond donors (Lipinski definition) is 3. The van der Waals surface area contributed by atoms with E-state index < -0.39 is 5.91 Å². The summed E-state index contributed by atoms with van der Waals surface area (Å²) in [4.78, 5) is 23.8. The molecule has 0 bridgehead atoms. The van der Waals surface area contributed by atoms with Gasteiger partial charge in [0.2, 0.25) is 5.91 Å². The number of halogens is 1. The number of phenols is 1. The van der Waals surface area contributed by atoms with Crippen molar-refractivity contribution in [1.82, 2.24) is 5.43 Å². The lowest BCUT2D eigenvalue weighted by atomic mass is 10.2. The number of phenolic OH excluding ortho intramolecular Hbond substituents is 1. The van der Waals surface area contributed by atoms with Crippen LogP contribution in [0.1, 0.15) is 23.7 Å². The van der Waals surface area contributed by atoms with Gasteiger partial charge in [0.25, 0.3) is 5.91 Å². The van der Waals surface area contributed by atoms with Crippen LogP contribution in [-0.2, 0) is 4.79 Å². The van der Waals surface area contributed by atoms with Crippen molar-refractivity contribution in [2.75, 3.05) is 5.32 Å². The van der Waals surface area contributed by atoms with Crippen LogP contribution in [0.4, 0.5) is 5.69 Å². The first kappa shape index (κ1) is 17.9. The molecule has 124 valence electrons. The van der Waals surface area contributed by atoms with Gasteiger partial charge in [0.05, 0.1) is 6.42 Å². The smallest absolute Gasteiger partial charge is 0.271 e. The number of rotatable bonds is 5. The fraction of sp³-hybridized carbons (Fsp3) is 0.118. The number of hydrogen-bond acceptors (Lipinski definition) is 4. The first-order valence-corrected chi connectivity index (χ1v) is 8.20. The maximum absolute atomic E-state index is 12.0. The van der Waals surface area contributed by atoms with Crippen LogP contribution < -0.4 is 10.7 Å². The topological polar surface area (TPSA) is 90.8 Å². The van der Waals surface area contributed by atoms with Gasteiger partial charge in [0.1, 0.15) is 5.75 Å². The predicted octanol–water partition coefficient (Wildman–Crippen LogP) is 3.13. The Hall–Kier alpha value is -2.42. The van der Waals surface area contributed by atoms with E-state index in [1.54, 1.807) is 25.1 Å². The van der Waals surface area contributed by atoms with E-state index >= 15 is 0 Å². The van der Waals surface area contributed by atoms with Gasteiger partial charge in [0, 0.05) is 20.5 Å². The molecule has 0 spiro atoms. The summed E-state index contributed by atoms with van der Waals surface area (Å²) in [6.45, 7) is 1.65. The van der Waals surface area contributed by atoms with Crippen molar-refractivity contribution in [3.63, 3.8) is 0 Å². The summed E-state index contributed by atoms with van der Waals surface area (Å²) in [5.41, 5.74) is 3.82. The van der Waals surface area contributed by atoms with Crippen LogP contribution in [0.3, 0.4) is 0 Å². The minimum atomic E-state index is -0.455. The third-order valence-corrected chi connectivity index (χ3v) is 3.65. The third-order valence-electron chi connectivity index (χ3n) is 2.98. The largest absolute Gasteiger partial charge is 0.508 e. The second kappa shape index (κ2) is 8.44. The molecule has 0 aliphatic rings. The average molecular weight is 437 g/mol. The molecule has 0 aliphatic carbocycles. The highest BCUT2D eigenvalue weighted by molar-refractivity contribution is 14.1. The van der Waals surface area contributed by atoms with Gasteiger partial charge >= 0.3 is 0 Å². The van der Waals surface area contributed by atoms with E-state index in [2.05, 4.69) is 38.4 Å². The minimum absolute atomic E-state index is 0.000206. The van der Waals surface area contributed by atoms with Crippen LogP contribution in [0.2, 0.25) is 0 Å². The molecular formula is C17H16IN3O3. The highest BCUT2D eigenvalue weighted by atomic mass is 127. The van der Waals surface area contributed by atoms with Gasteiger partial charge in [-0.25, -0.2) is 5.43 Å². The zero-order valence-electron chi connectivity index (χ0n) is 12.9. The summed E-state index contributed by atoms with van der Waals surface area (Å²) in [6, 6.07) is 13.4. The van der Waals surface area contributed by atoms with Crippen LogP contribution in [0.15, 0.2) is 53.6 Å². The molecule has 0 heterocycles. The Kier molecular flexibility index (Phi) is 6.30. The first-order valence-electron chi connectivity index (χ1n) is 7.12. The van der Waals surface area contributed by atoms with E-state index in [9.17, 15) is 14.7 Å². The summed E-state index contributed by atoms with van der Waals surface area (Å²) in [7, 11) is 0. The number of benzene rings is 2. The fourth-order valence-corrected chi connectivity index (χ4v) is 2.44. The van der Waals surface area contributed by atoms with Gasteiger partial charge in [-0.05, 0) is 65.9 Å². The monoisotopic (exact) mass is 437 g/mol. The summed E-state index contributed by atoms with van der Waals surface area (Å²) >= 11 is 2.17. The normalized spacial score (nSPS) is 11.0. The molecule has 0 saturated heterocycles. The lowest BCUT2D eigenvalue weighted by Crippen LogP contribution is -2.21. The molecule has 0 saturated carbocycles. The Labute approximate surface area is 153 Å². The molecule has 0 fully saturated rings. The van der Waals surface area contributed by atoms with Crippen molar-refractivity contribution in [3.8, 4) is 5.75 Å². The van der Waals surface area contributed by atoms with Crippen LogP contribution in [0.5, 0.6) is 5.75 Å². The van der Waals surface area contributed by atoms with Crippen LogP contribution >= 0.6 is 22.6 Å². The first-order chi connectivity index (χ1) is 11.4. The van der Waals surface area contributed by atoms with E-state index in [4.69, 9.17) is 0 Å². The van der Waals surface area contributed by atoms with Crippen molar-refractivity contribution >= 4 is 45.8 Å². The molecule has 0 aromatic heterocycles. The molecule has 24 heavy (non-hydrogen) atoms. The number of nitrogens with one attached hydrogen (secondary N) is 2. The van der Waals surface area contributed by atoms with Crippen molar-refractivity contribution in [1.29, 1.82) is 0 Å². The average Bonchev–Trinajstić information content (AvgIpc) is 2.52. The van der Waals surface area contributed by atoms with E-state index in [1.165, 1.54) is 12.1 Å². The summed E-state index contributed by atoms with van der Waals surface area (Å²) < 4.78 is 1.02. The second-order valence-corrected chi connectivity index (χ2v) is 6.32. The standard InChI is InChI=1S/C17H16IN3O3/c1-11(8-16(23)19-14-6-3-5-13(18)10-14)20-21-17(24)12-4-2-7-15(22)9-12/h2-7,9-10,22H,8H2,1H3,(H,19,23)(H,21,24). The lowest BCUT2D eigenvalue weighted by molar-refractivity contribution is -0.115. The Balaban J connectivity index is 1.89. The highest BCUT2D eigenvalue weighted by Gasteiger charge is 2.07. The molecule has 6 nitrogen and oxygen atoms in total. The molecule has 0 atom stereocenters. The van der Waals surface area contributed by atoms with Crippen LogP contribution in [0, 0.1) is 3.57 Å². The molecule has 2 rings (SSSR count). The number of anilines is 1. The van der Waals surface area contributed by atoms with Crippen LogP contribution in [0.25, 0.3) is 0 Å². The summed E-state index contributed by atoms with van der Waals surface area (Å²) in [5, 5.41) is 16.0. The minimum Gasteiger partial charge on any atom is -0.508 e. The van der Waals surface area contributed by atoms with Crippen LogP contribution in [-0.4, -0.2) is 22.6 Å². The van der Waals surface area contributed by atoms with E-state index in [0.717, 1.165) is 3.57 Å². The van der Waals surface area contributed by atoms with Gasteiger partial charge in [-0.2, -0.15) is 5.10 Å². The Morgan fingerprint density at radius 2 is 1.92 bits per heavy atom. The van der Waals surface area contributed by atoms with E-state index in [-0.39, 0.29) is 23.6 Å². The fourth-order valence-electron chi connectivity index (χ4n) is 1.90. The highest BCUT2D eigenvalue weighted by Crippen LogP contribution is 2.13. The summed E-state index contributed by atoms with van der Waals surface area (Å²) in [5.74, 6) is -0.673. The SMILES string of the molecule is CC(CC(=O)Nc1cccc(I)c1)=NNC(=O)c1cccc(O)c1. The maximum Gasteiger partial charge on any atom is 0.271 e. The zero-order chi connectivity index (χ0) is 17.5. The molecular weight excluding hydrogens is 421 g/mol. The molecule has 2 aromatic rings. The number of hydrazone groups is 1. The van der Waals surface area contributed by atoms with E-state index in [1.807, 2.05) is 18.2 Å². The molecule has 0 unspecified atom stereocenters. The van der Waals surface area contributed by atoms with Gasteiger partial charge in [-0.3, -0.25) is 9.59 Å². The van der Waals surface area contributed by atoms with Gasteiger partial charge in [0.15, 0.2) is 0 Å². The third kappa shape index (κ3) is 5.65. The Bertz CT molecular complexity index is 790. The summed E-state index contributed by atoms with van der Waals surface area (Å²) in [6.07, 6.45) is 0.0613. The molecule has 2 aromatic carbocycles.